The minimum absolute atomic E-state index is 0.238. The van der Waals surface area contributed by atoms with Gasteiger partial charge in [0.1, 0.15) is 6.61 Å². The number of carbonyl (C=O) groups is 1. The highest BCUT2D eigenvalue weighted by Gasteiger charge is 2.24. The second-order valence-corrected chi connectivity index (χ2v) is 6.85. The summed E-state index contributed by atoms with van der Waals surface area (Å²) in [6, 6.07) is 18.2. The largest absolute Gasteiger partial charge is 0.445 e. The molecule has 1 aromatic heterocycles. The molecule has 1 N–H and O–H groups in total. The van der Waals surface area contributed by atoms with Crippen LogP contribution in [0.1, 0.15) is 12.0 Å². The minimum Gasteiger partial charge on any atom is -0.445 e. The molecule has 6 nitrogen and oxygen atoms in total. The van der Waals surface area contributed by atoms with Crippen molar-refractivity contribution >= 4 is 17.1 Å². The number of ether oxygens (including phenoxy) is 1. The van der Waals surface area contributed by atoms with Gasteiger partial charge in [-0.15, -0.1) is 0 Å². The Bertz CT molecular complexity index is 893. The van der Waals surface area contributed by atoms with E-state index in [9.17, 15) is 4.79 Å². The summed E-state index contributed by atoms with van der Waals surface area (Å²) in [4.78, 5) is 18.6. The molecule has 0 aliphatic carbocycles. The number of nitrogens with one attached hydrogen (secondary N) is 1. The first kappa shape index (κ1) is 17.5. The quantitative estimate of drug-likeness (QED) is 0.756. The van der Waals surface area contributed by atoms with E-state index < -0.39 is 0 Å². The molecular formula is C21H24N4O2. The number of fused-ring (bicyclic) bond motifs is 1. The average molecular weight is 364 g/mol. The SMILES string of the molecule is O=C(OCc1ccccc1)N1CCN[C@H](CCn2cnc3ccccc32)C1. The van der Waals surface area contributed by atoms with Gasteiger partial charge in [0.05, 0.1) is 17.4 Å². The standard InChI is InChI=1S/C21H24N4O2/c26-21(27-15-17-6-2-1-3-7-17)24-13-11-22-18(14-24)10-12-25-16-23-19-8-4-5-9-20(19)25/h1-9,16,18,22H,10-15H2/t18-/m1/s1. The molecule has 0 bridgehead atoms. The van der Waals surface area contributed by atoms with Gasteiger partial charge in [0.25, 0.3) is 0 Å². The number of rotatable bonds is 5. The molecule has 1 amide bonds. The molecule has 1 aliphatic heterocycles. The number of nitrogens with zero attached hydrogens (tertiary/aromatic N) is 3. The summed E-state index contributed by atoms with van der Waals surface area (Å²) in [6.45, 7) is 3.31. The van der Waals surface area contributed by atoms with E-state index in [1.165, 1.54) is 0 Å². The number of imidazole rings is 1. The van der Waals surface area contributed by atoms with Gasteiger partial charge >= 0.3 is 6.09 Å². The van der Waals surface area contributed by atoms with E-state index in [4.69, 9.17) is 4.74 Å². The second-order valence-electron chi connectivity index (χ2n) is 6.85. The number of hydrogen-bond donors (Lipinski definition) is 1. The van der Waals surface area contributed by atoms with Crippen molar-refractivity contribution in [3.05, 3.63) is 66.5 Å². The topological polar surface area (TPSA) is 59.4 Å². The molecule has 27 heavy (non-hydrogen) atoms. The Labute approximate surface area is 158 Å². The third-order valence-electron chi connectivity index (χ3n) is 4.96. The van der Waals surface area contributed by atoms with Crippen LogP contribution in [0.2, 0.25) is 0 Å². The fourth-order valence-electron chi connectivity index (χ4n) is 3.48. The van der Waals surface area contributed by atoms with Crippen molar-refractivity contribution in [1.29, 1.82) is 0 Å². The fourth-order valence-corrected chi connectivity index (χ4v) is 3.48. The van der Waals surface area contributed by atoms with Gasteiger partial charge in [-0.25, -0.2) is 9.78 Å². The lowest BCUT2D eigenvalue weighted by Gasteiger charge is -2.33. The van der Waals surface area contributed by atoms with Crippen LogP contribution in [0.25, 0.3) is 11.0 Å². The van der Waals surface area contributed by atoms with Crippen LogP contribution in [-0.2, 0) is 17.9 Å². The van der Waals surface area contributed by atoms with Crippen molar-refractivity contribution in [2.75, 3.05) is 19.6 Å². The highest BCUT2D eigenvalue weighted by atomic mass is 16.6. The van der Waals surface area contributed by atoms with Gasteiger partial charge in [-0.3, -0.25) is 0 Å². The molecule has 1 atom stereocenters. The number of hydrogen-bond acceptors (Lipinski definition) is 4. The monoisotopic (exact) mass is 364 g/mol. The van der Waals surface area contributed by atoms with Gasteiger partial charge in [0.2, 0.25) is 0 Å². The van der Waals surface area contributed by atoms with Gasteiger partial charge in [-0.05, 0) is 24.1 Å². The summed E-state index contributed by atoms with van der Waals surface area (Å²) < 4.78 is 7.64. The van der Waals surface area contributed by atoms with Crippen LogP contribution >= 0.6 is 0 Å². The molecule has 4 rings (SSSR count). The number of carbonyl (C=O) groups excluding carboxylic acids is 1. The molecule has 1 saturated heterocycles. The van der Waals surface area contributed by atoms with Crippen LogP contribution in [0.4, 0.5) is 4.79 Å². The van der Waals surface area contributed by atoms with Crippen molar-refractivity contribution in [3.63, 3.8) is 0 Å². The Hall–Kier alpha value is -2.86. The Morgan fingerprint density at radius 3 is 2.85 bits per heavy atom. The lowest BCUT2D eigenvalue weighted by atomic mass is 10.1. The fraction of sp³-hybridized carbons (Fsp3) is 0.333. The number of aryl methyl sites for hydroxylation is 1. The summed E-state index contributed by atoms with van der Waals surface area (Å²) in [5.41, 5.74) is 3.16. The smallest absolute Gasteiger partial charge is 0.410 e. The summed E-state index contributed by atoms with van der Waals surface area (Å²) >= 11 is 0. The molecule has 0 unspecified atom stereocenters. The third-order valence-corrected chi connectivity index (χ3v) is 4.96. The first-order valence-electron chi connectivity index (χ1n) is 9.38. The van der Waals surface area contributed by atoms with Crippen molar-refractivity contribution in [2.45, 2.75) is 25.6 Å². The number of piperazine rings is 1. The zero-order valence-corrected chi connectivity index (χ0v) is 15.3. The van der Waals surface area contributed by atoms with E-state index >= 15 is 0 Å². The van der Waals surface area contributed by atoms with Gasteiger partial charge in [-0.1, -0.05) is 42.5 Å². The van der Waals surface area contributed by atoms with E-state index in [1.54, 1.807) is 4.90 Å². The first-order valence-corrected chi connectivity index (χ1v) is 9.38. The van der Waals surface area contributed by atoms with Gasteiger partial charge in [0, 0.05) is 32.2 Å². The number of aromatic nitrogens is 2. The molecule has 0 radical (unpaired) electrons. The summed E-state index contributed by atoms with van der Waals surface area (Å²) in [5, 5.41) is 3.51. The molecule has 6 heteroatoms. The maximum absolute atomic E-state index is 12.4. The van der Waals surface area contributed by atoms with Crippen LogP contribution in [0.3, 0.4) is 0 Å². The molecule has 1 aliphatic rings. The molecule has 2 heterocycles. The van der Waals surface area contributed by atoms with E-state index in [1.807, 2.05) is 54.9 Å². The van der Waals surface area contributed by atoms with Gasteiger partial charge in [0.15, 0.2) is 0 Å². The van der Waals surface area contributed by atoms with Crippen molar-refractivity contribution in [3.8, 4) is 0 Å². The molecule has 1 fully saturated rings. The predicted octanol–water partition coefficient (Wildman–Crippen LogP) is 3.04. The first-order chi connectivity index (χ1) is 13.3. The van der Waals surface area contributed by atoms with Crippen molar-refractivity contribution < 1.29 is 9.53 Å². The zero-order chi connectivity index (χ0) is 18.5. The average Bonchev–Trinajstić information content (AvgIpc) is 3.15. The van der Waals surface area contributed by atoms with Crippen LogP contribution in [-0.4, -0.2) is 46.2 Å². The number of amides is 1. The normalized spacial score (nSPS) is 17.2. The molecular weight excluding hydrogens is 340 g/mol. The minimum atomic E-state index is -0.238. The molecule has 3 aromatic rings. The van der Waals surface area contributed by atoms with Crippen LogP contribution in [0.15, 0.2) is 60.9 Å². The number of benzene rings is 2. The molecule has 0 spiro atoms. The second kappa shape index (κ2) is 8.22. The van der Waals surface area contributed by atoms with Crippen molar-refractivity contribution in [2.24, 2.45) is 0 Å². The summed E-state index contributed by atoms with van der Waals surface area (Å²) in [7, 11) is 0. The third kappa shape index (κ3) is 4.28. The van der Waals surface area contributed by atoms with Crippen molar-refractivity contribution in [1.82, 2.24) is 19.8 Å². The Balaban J connectivity index is 1.29. The highest BCUT2D eigenvalue weighted by molar-refractivity contribution is 5.74. The van der Waals surface area contributed by atoms with E-state index in [-0.39, 0.29) is 12.1 Å². The van der Waals surface area contributed by atoms with Gasteiger partial charge in [-0.2, -0.15) is 0 Å². The van der Waals surface area contributed by atoms with E-state index in [0.29, 0.717) is 19.7 Å². The lowest BCUT2D eigenvalue weighted by Crippen LogP contribution is -2.52. The maximum Gasteiger partial charge on any atom is 0.410 e. The Morgan fingerprint density at radius 2 is 1.96 bits per heavy atom. The summed E-state index contributed by atoms with van der Waals surface area (Å²) in [6.07, 6.45) is 2.58. The van der Waals surface area contributed by atoms with Gasteiger partial charge < -0.3 is 19.5 Å². The summed E-state index contributed by atoms with van der Waals surface area (Å²) in [5.74, 6) is 0. The van der Waals surface area contributed by atoms with E-state index in [0.717, 1.165) is 36.1 Å². The lowest BCUT2D eigenvalue weighted by molar-refractivity contribution is 0.0839. The molecule has 140 valence electrons. The predicted molar refractivity (Wildman–Crippen MR) is 104 cm³/mol. The van der Waals surface area contributed by atoms with Crippen LogP contribution < -0.4 is 5.32 Å². The molecule has 0 saturated carbocycles. The maximum atomic E-state index is 12.4. The van der Waals surface area contributed by atoms with E-state index in [2.05, 4.69) is 20.9 Å². The number of para-hydroxylation sites is 2. The Kier molecular flexibility index (Phi) is 5.34. The molecule has 2 aromatic carbocycles. The van der Waals surface area contributed by atoms with Crippen LogP contribution in [0.5, 0.6) is 0 Å². The van der Waals surface area contributed by atoms with Crippen LogP contribution in [0, 0.1) is 0 Å². The Morgan fingerprint density at radius 1 is 1.15 bits per heavy atom. The highest BCUT2D eigenvalue weighted by Crippen LogP contribution is 2.14. The zero-order valence-electron chi connectivity index (χ0n) is 15.3.